The summed E-state index contributed by atoms with van der Waals surface area (Å²) < 4.78 is 67.4. The van der Waals surface area contributed by atoms with E-state index in [1.807, 2.05) is 0 Å². The highest BCUT2D eigenvalue weighted by molar-refractivity contribution is 7.89. The zero-order chi connectivity index (χ0) is 19.4. The van der Waals surface area contributed by atoms with Gasteiger partial charge in [-0.3, -0.25) is 4.79 Å². The number of benzene rings is 1. The summed E-state index contributed by atoms with van der Waals surface area (Å²) in [6.45, 7) is 0.539. The number of piperidine rings is 1. The van der Waals surface area contributed by atoms with Gasteiger partial charge in [-0.1, -0.05) is 6.07 Å². The van der Waals surface area contributed by atoms with Crippen molar-refractivity contribution in [2.75, 3.05) is 26.2 Å². The number of nitrogens with zero attached hydrogens (tertiary/aromatic N) is 1. The second-order valence-electron chi connectivity index (χ2n) is 5.92. The van der Waals surface area contributed by atoms with E-state index in [1.54, 1.807) is 0 Å². The van der Waals surface area contributed by atoms with E-state index in [0.29, 0.717) is 13.0 Å². The number of hydrogen-bond acceptors (Lipinski definition) is 5. The summed E-state index contributed by atoms with van der Waals surface area (Å²) in [7, 11) is -3.97. The summed E-state index contributed by atoms with van der Waals surface area (Å²) in [6.07, 6.45) is -3.60. The smallest absolute Gasteiger partial charge is 0.480 e. The van der Waals surface area contributed by atoms with Crippen LogP contribution in [-0.2, 0) is 14.8 Å². The minimum Gasteiger partial charge on any atom is -0.480 e. The third kappa shape index (κ3) is 7.17. The van der Waals surface area contributed by atoms with Gasteiger partial charge in [-0.2, -0.15) is 4.31 Å². The van der Waals surface area contributed by atoms with E-state index >= 15 is 0 Å². The Morgan fingerprint density at radius 2 is 2.07 bits per heavy atom. The molecule has 0 aromatic heterocycles. The van der Waals surface area contributed by atoms with Gasteiger partial charge in [-0.15, -0.1) is 25.6 Å². The molecule has 0 saturated carbocycles. The van der Waals surface area contributed by atoms with E-state index in [4.69, 9.17) is 5.11 Å². The zero-order valence-corrected chi connectivity index (χ0v) is 15.7. The van der Waals surface area contributed by atoms with Crippen molar-refractivity contribution < 1.29 is 36.2 Å². The molecule has 1 fully saturated rings. The number of sulfonamides is 1. The van der Waals surface area contributed by atoms with Gasteiger partial charge in [-0.05, 0) is 37.4 Å². The number of alkyl halides is 3. The van der Waals surface area contributed by atoms with Crippen LogP contribution in [-0.4, -0.2) is 56.3 Å². The van der Waals surface area contributed by atoms with Crippen molar-refractivity contribution in [2.24, 2.45) is 5.92 Å². The Morgan fingerprint density at radius 1 is 1.37 bits per heavy atom. The van der Waals surface area contributed by atoms with Crippen LogP contribution in [0.3, 0.4) is 0 Å². The van der Waals surface area contributed by atoms with Crippen LogP contribution in [0.25, 0.3) is 0 Å². The number of ether oxygens (including phenoxy) is 1. The number of aliphatic carboxylic acids is 1. The molecule has 1 aliphatic heterocycles. The summed E-state index contributed by atoms with van der Waals surface area (Å²) in [6, 6.07) is 4.27. The second kappa shape index (κ2) is 9.58. The Balaban J connectivity index is 0.00000364. The molecule has 12 heteroatoms. The molecule has 1 aromatic rings. The van der Waals surface area contributed by atoms with Crippen LogP contribution < -0.4 is 10.1 Å². The largest absolute Gasteiger partial charge is 0.573 e. The van der Waals surface area contributed by atoms with E-state index < -0.39 is 28.1 Å². The molecule has 154 valence electrons. The molecule has 27 heavy (non-hydrogen) atoms. The molecule has 1 aromatic carbocycles. The molecule has 7 nitrogen and oxygen atoms in total. The first-order chi connectivity index (χ1) is 12.1. The minimum atomic E-state index is -4.91. The van der Waals surface area contributed by atoms with Crippen molar-refractivity contribution in [3.8, 4) is 5.75 Å². The van der Waals surface area contributed by atoms with Crippen LogP contribution >= 0.6 is 12.4 Å². The summed E-state index contributed by atoms with van der Waals surface area (Å²) in [5, 5.41) is 11.4. The Hall–Kier alpha value is -1.56. The van der Waals surface area contributed by atoms with Gasteiger partial charge in [0.25, 0.3) is 0 Å². The van der Waals surface area contributed by atoms with Crippen LogP contribution in [0.4, 0.5) is 13.2 Å². The van der Waals surface area contributed by atoms with Gasteiger partial charge in [0, 0.05) is 19.2 Å². The Labute approximate surface area is 160 Å². The topological polar surface area (TPSA) is 95.9 Å². The standard InChI is InChI=1S/C15H19F3N2O5S.ClH/c16-15(17,18)25-12-4-1-5-13(7-12)26(23,24)20-6-2-3-11(10-20)8-19-9-14(21)22;/h1,4-5,7,11,19H,2-3,6,8-10H2,(H,21,22);1H. The summed E-state index contributed by atoms with van der Waals surface area (Å²) >= 11 is 0. The lowest BCUT2D eigenvalue weighted by Gasteiger charge is -2.32. The van der Waals surface area contributed by atoms with Crippen LogP contribution in [0.1, 0.15) is 12.8 Å². The van der Waals surface area contributed by atoms with Crippen molar-refractivity contribution >= 4 is 28.4 Å². The molecule has 1 aliphatic rings. The number of carboxylic acid groups (broad SMARTS) is 1. The van der Waals surface area contributed by atoms with E-state index in [-0.39, 0.29) is 42.9 Å². The Bertz CT molecular complexity index is 745. The predicted octanol–water partition coefficient (Wildman–Crippen LogP) is 2.08. The molecule has 2 N–H and O–H groups in total. The number of nitrogens with one attached hydrogen (secondary N) is 1. The molecule has 0 spiro atoms. The van der Waals surface area contributed by atoms with Crippen molar-refractivity contribution in [1.82, 2.24) is 9.62 Å². The zero-order valence-electron chi connectivity index (χ0n) is 14.1. The fourth-order valence-corrected chi connectivity index (χ4v) is 4.37. The Morgan fingerprint density at radius 3 is 2.70 bits per heavy atom. The van der Waals surface area contributed by atoms with Gasteiger partial charge < -0.3 is 15.2 Å². The first-order valence-electron chi connectivity index (χ1n) is 7.86. The van der Waals surface area contributed by atoms with Crippen LogP contribution in [0.2, 0.25) is 0 Å². The maximum absolute atomic E-state index is 12.7. The fraction of sp³-hybridized carbons (Fsp3) is 0.533. The molecular weight excluding hydrogens is 413 g/mol. The quantitative estimate of drug-likeness (QED) is 0.685. The molecule has 0 amide bonds. The maximum atomic E-state index is 12.7. The second-order valence-corrected chi connectivity index (χ2v) is 7.86. The van der Waals surface area contributed by atoms with E-state index in [9.17, 15) is 26.4 Å². The van der Waals surface area contributed by atoms with Gasteiger partial charge in [0.1, 0.15) is 5.75 Å². The number of carboxylic acids is 1. The summed E-state index contributed by atoms with van der Waals surface area (Å²) in [4.78, 5) is 10.2. The number of halogens is 4. The molecule has 1 saturated heterocycles. The summed E-state index contributed by atoms with van der Waals surface area (Å²) in [5.74, 6) is -1.69. The van der Waals surface area contributed by atoms with Crippen molar-refractivity contribution in [3.05, 3.63) is 24.3 Å². The van der Waals surface area contributed by atoms with Gasteiger partial charge in [0.2, 0.25) is 10.0 Å². The lowest BCUT2D eigenvalue weighted by Crippen LogP contribution is -2.43. The van der Waals surface area contributed by atoms with Crippen LogP contribution in [0.15, 0.2) is 29.2 Å². The van der Waals surface area contributed by atoms with Gasteiger partial charge >= 0.3 is 12.3 Å². The van der Waals surface area contributed by atoms with E-state index in [1.165, 1.54) is 16.4 Å². The maximum Gasteiger partial charge on any atom is 0.573 e. The number of rotatable bonds is 7. The predicted molar refractivity (Wildman–Crippen MR) is 92.4 cm³/mol. The summed E-state index contributed by atoms with van der Waals surface area (Å²) in [5.41, 5.74) is 0. The fourth-order valence-electron chi connectivity index (χ4n) is 2.78. The lowest BCUT2D eigenvalue weighted by molar-refractivity contribution is -0.274. The van der Waals surface area contributed by atoms with Crippen LogP contribution in [0.5, 0.6) is 5.75 Å². The third-order valence-electron chi connectivity index (χ3n) is 3.87. The highest BCUT2D eigenvalue weighted by Gasteiger charge is 2.33. The number of hydrogen-bond donors (Lipinski definition) is 2. The first kappa shape index (κ1) is 23.5. The molecule has 2 rings (SSSR count). The third-order valence-corrected chi connectivity index (χ3v) is 5.73. The average molecular weight is 433 g/mol. The van der Waals surface area contributed by atoms with Crippen molar-refractivity contribution in [2.45, 2.75) is 24.1 Å². The highest BCUT2D eigenvalue weighted by atomic mass is 35.5. The molecule has 1 heterocycles. The molecule has 1 atom stereocenters. The molecule has 0 aliphatic carbocycles. The van der Waals surface area contributed by atoms with E-state index in [0.717, 1.165) is 18.6 Å². The average Bonchev–Trinajstić information content (AvgIpc) is 2.53. The van der Waals surface area contributed by atoms with Gasteiger partial charge in [0.15, 0.2) is 0 Å². The molecule has 0 radical (unpaired) electrons. The lowest BCUT2D eigenvalue weighted by atomic mass is 10.00. The Kier molecular flexibility index (Phi) is 8.33. The van der Waals surface area contributed by atoms with E-state index in [2.05, 4.69) is 10.1 Å². The SMILES string of the molecule is Cl.O=C(O)CNCC1CCCN(S(=O)(=O)c2cccc(OC(F)(F)F)c2)C1. The van der Waals surface area contributed by atoms with Crippen molar-refractivity contribution in [3.63, 3.8) is 0 Å². The first-order valence-corrected chi connectivity index (χ1v) is 9.30. The normalized spacial score (nSPS) is 18.6. The van der Waals surface area contributed by atoms with Gasteiger partial charge in [0.05, 0.1) is 11.4 Å². The number of carbonyl (C=O) groups is 1. The molecule has 1 unspecified atom stereocenters. The minimum absolute atomic E-state index is 0. The van der Waals surface area contributed by atoms with Gasteiger partial charge in [-0.25, -0.2) is 8.42 Å². The highest BCUT2D eigenvalue weighted by Crippen LogP contribution is 2.28. The monoisotopic (exact) mass is 432 g/mol. The molecule has 0 bridgehead atoms. The van der Waals surface area contributed by atoms with Crippen LogP contribution in [0, 0.1) is 5.92 Å². The molecular formula is C15H20ClF3N2O5S. The van der Waals surface area contributed by atoms with Crippen molar-refractivity contribution in [1.29, 1.82) is 0 Å².